The number of carbonyl (C=O) groups is 2. The molecular weight excluding hydrogens is 546 g/mol. The molecule has 0 saturated carbocycles. The van der Waals surface area contributed by atoms with Crippen LogP contribution in [-0.2, 0) is 0 Å². The first-order chi connectivity index (χ1) is 12.8. The first-order valence-electron chi connectivity index (χ1n) is 7.14. The van der Waals surface area contributed by atoms with E-state index in [4.69, 9.17) is 34.8 Å². The second-order valence-corrected chi connectivity index (χ2v) is 7.96. The van der Waals surface area contributed by atoms with Gasteiger partial charge < -0.3 is 5.32 Å². The molecule has 11 heteroatoms. The molecule has 0 radical (unpaired) electrons. The summed E-state index contributed by atoms with van der Waals surface area (Å²) in [5.41, 5.74) is 0.364. The summed E-state index contributed by atoms with van der Waals surface area (Å²) in [6.45, 7) is 0. The van der Waals surface area contributed by atoms with Crippen molar-refractivity contribution in [1.29, 1.82) is 0 Å². The molecule has 6 nitrogen and oxygen atoms in total. The number of anilines is 1. The summed E-state index contributed by atoms with van der Waals surface area (Å²) in [6, 6.07) is 7.67. The van der Waals surface area contributed by atoms with Crippen molar-refractivity contribution in [2.24, 2.45) is 0 Å². The highest BCUT2D eigenvalue weighted by molar-refractivity contribution is 9.10. The van der Waals surface area contributed by atoms with Gasteiger partial charge in [-0.05, 0) is 67.7 Å². The standard InChI is InChI=1S/C16H7Br2Cl3N4O2/c17-9-5-7(19)4-8(14(21)26)13(9)23-16(27)11-6-12(18)24-25(11)15-10(20)2-1-3-22-15/h1-6H,(H,23,27). The smallest absolute Gasteiger partial charge is 0.274 e. The topological polar surface area (TPSA) is 76.9 Å². The fourth-order valence-electron chi connectivity index (χ4n) is 2.24. The highest BCUT2D eigenvalue weighted by Crippen LogP contribution is 2.32. The summed E-state index contributed by atoms with van der Waals surface area (Å²) < 4.78 is 2.08. The van der Waals surface area contributed by atoms with Crippen LogP contribution in [0.5, 0.6) is 0 Å². The molecule has 1 amide bonds. The lowest BCUT2D eigenvalue weighted by Gasteiger charge is -2.12. The zero-order valence-corrected chi connectivity index (χ0v) is 18.5. The third kappa shape index (κ3) is 4.35. The van der Waals surface area contributed by atoms with Crippen molar-refractivity contribution in [1.82, 2.24) is 14.8 Å². The largest absolute Gasteiger partial charge is 0.319 e. The number of hydrogen-bond acceptors (Lipinski definition) is 4. The predicted octanol–water partition coefficient (Wildman–Crippen LogP) is 5.73. The predicted molar refractivity (Wildman–Crippen MR) is 111 cm³/mol. The van der Waals surface area contributed by atoms with E-state index in [0.717, 1.165) is 0 Å². The maximum Gasteiger partial charge on any atom is 0.274 e. The molecule has 0 spiro atoms. The van der Waals surface area contributed by atoms with E-state index in [9.17, 15) is 9.59 Å². The zero-order valence-electron chi connectivity index (χ0n) is 13.0. The van der Waals surface area contributed by atoms with E-state index in [1.807, 2.05) is 0 Å². The Morgan fingerprint density at radius 2 is 1.89 bits per heavy atom. The number of hydrogen-bond donors (Lipinski definition) is 1. The molecule has 0 unspecified atom stereocenters. The van der Waals surface area contributed by atoms with Crippen molar-refractivity contribution < 1.29 is 9.59 Å². The number of carbonyl (C=O) groups excluding carboxylic acids is 2. The molecule has 0 aliphatic rings. The number of pyridine rings is 1. The van der Waals surface area contributed by atoms with Crippen LogP contribution in [0, 0.1) is 0 Å². The molecule has 0 saturated heterocycles. The highest BCUT2D eigenvalue weighted by atomic mass is 79.9. The van der Waals surface area contributed by atoms with Crippen LogP contribution < -0.4 is 5.32 Å². The van der Waals surface area contributed by atoms with E-state index in [1.165, 1.54) is 29.1 Å². The van der Waals surface area contributed by atoms with Gasteiger partial charge in [0.25, 0.3) is 11.1 Å². The molecule has 2 aromatic heterocycles. The lowest BCUT2D eigenvalue weighted by molar-refractivity contribution is 0.101. The molecule has 1 aromatic carbocycles. The Morgan fingerprint density at radius 1 is 1.15 bits per heavy atom. The maximum absolute atomic E-state index is 12.9. The van der Waals surface area contributed by atoms with Gasteiger partial charge in [0.05, 0.1) is 16.3 Å². The van der Waals surface area contributed by atoms with Crippen LogP contribution in [0.25, 0.3) is 5.82 Å². The Balaban J connectivity index is 2.05. The van der Waals surface area contributed by atoms with E-state index in [2.05, 4.69) is 47.3 Å². The number of rotatable bonds is 4. The van der Waals surface area contributed by atoms with Gasteiger partial charge in [-0.3, -0.25) is 9.59 Å². The SMILES string of the molecule is O=C(Cl)c1cc(Cl)cc(Br)c1NC(=O)c1cc(Br)nn1-c1ncccc1Cl. The van der Waals surface area contributed by atoms with Crippen LogP contribution in [0.4, 0.5) is 5.69 Å². The molecule has 138 valence electrons. The monoisotopic (exact) mass is 550 g/mol. The van der Waals surface area contributed by atoms with E-state index in [0.29, 0.717) is 14.1 Å². The van der Waals surface area contributed by atoms with E-state index in [-0.39, 0.29) is 27.8 Å². The fourth-order valence-corrected chi connectivity index (χ4v) is 3.88. The van der Waals surface area contributed by atoms with Gasteiger partial charge in [-0.2, -0.15) is 5.10 Å². The first-order valence-corrected chi connectivity index (χ1v) is 9.86. The van der Waals surface area contributed by atoms with E-state index < -0.39 is 11.1 Å². The van der Waals surface area contributed by atoms with Crippen LogP contribution in [0.3, 0.4) is 0 Å². The molecule has 0 aliphatic carbocycles. The van der Waals surface area contributed by atoms with Crippen LogP contribution in [0.2, 0.25) is 10.0 Å². The molecule has 1 N–H and O–H groups in total. The average molecular weight is 553 g/mol. The van der Waals surface area contributed by atoms with Gasteiger partial charge >= 0.3 is 0 Å². The minimum atomic E-state index is -0.768. The molecule has 0 fully saturated rings. The average Bonchev–Trinajstić information content (AvgIpc) is 2.99. The third-order valence-corrected chi connectivity index (χ3v) is 5.09. The highest BCUT2D eigenvalue weighted by Gasteiger charge is 2.22. The van der Waals surface area contributed by atoms with E-state index >= 15 is 0 Å². The fraction of sp³-hybridized carbons (Fsp3) is 0. The lowest BCUT2D eigenvalue weighted by atomic mass is 10.2. The molecule has 0 aliphatic heterocycles. The summed E-state index contributed by atoms with van der Waals surface area (Å²) in [7, 11) is 0. The quantitative estimate of drug-likeness (QED) is 0.419. The van der Waals surface area contributed by atoms with Crippen molar-refractivity contribution in [3.05, 3.63) is 66.9 Å². The molecule has 3 aromatic rings. The van der Waals surface area contributed by atoms with Gasteiger partial charge in [0.2, 0.25) is 0 Å². The Labute approximate surface area is 185 Å². The van der Waals surface area contributed by atoms with Gasteiger partial charge in [0, 0.05) is 21.8 Å². The summed E-state index contributed by atoms with van der Waals surface area (Å²) >= 11 is 24.2. The van der Waals surface area contributed by atoms with Gasteiger partial charge in [-0.25, -0.2) is 9.67 Å². The summed E-state index contributed by atoms with van der Waals surface area (Å²) in [6.07, 6.45) is 1.53. The van der Waals surface area contributed by atoms with Crippen molar-refractivity contribution in [2.45, 2.75) is 0 Å². The molecule has 0 bridgehead atoms. The van der Waals surface area contributed by atoms with Crippen LogP contribution in [0.1, 0.15) is 20.8 Å². The molecule has 2 heterocycles. The number of nitrogens with zero attached hydrogens (tertiary/aromatic N) is 3. The van der Waals surface area contributed by atoms with Crippen molar-refractivity contribution in [2.75, 3.05) is 5.32 Å². The molecular formula is C16H7Br2Cl3N4O2. The summed E-state index contributed by atoms with van der Waals surface area (Å²) in [4.78, 5) is 28.7. The Morgan fingerprint density at radius 3 is 2.56 bits per heavy atom. The second-order valence-electron chi connectivity index (χ2n) is 5.11. The zero-order chi connectivity index (χ0) is 19.7. The van der Waals surface area contributed by atoms with Crippen LogP contribution >= 0.6 is 66.7 Å². The van der Waals surface area contributed by atoms with E-state index in [1.54, 1.807) is 12.1 Å². The van der Waals surface area contributed by atoms with Gasteiger partial charge in [0.15, 0.2) is 5.82 Å². The number of benzene rings is 1. The van der Waals surface area contributed by atoms with Crippen molar-refractivity contribution in [3.63, 3.8) is 0 Å². The second kappa shape index (κ2) is 8.28. The Bertz CT molecular complexity index is 1070. The lowest BCUT2D eigenvalue weighted by Crippen LogP contribution is -2.19. The van der Waals surface area contributed by atoms with Crippen molar-refractivity contribution >= 4 is 83.5 Å². The van der Waals surface area contributed by atoms with Crippen molar-refractivity contribution in [3.8, 4) is 5.82 Å². The summed E-state index contributed by atoms with van der Waals surface area (Å²) in [5.74, 6) is -0.282. The minimum absolute atomic E-state index is 0.0467. The number of amides is 1. The molecule has 3 rings (SSSR count). The van der Waals surface area contributed by atoms with Crippen LogP contribution in [-0.4, -0.2) is 25.9 Å². The Hall–Kier alpha value is -1.45. The third-order valence-electron chi connectivity index (χ3n) is 3.36. The maximum atomic E-state index is 12.9. The van der Waals surface area contributed by atoms with Gasteiger partial charge in [-0.15, -0.1) is 0 Å². The van der Waals surface area contributed by atoms with Gasteiger partial charge in [0.1, 0.15) is 10.3 Å². The summed E-state index contributed by atoms with van der Waals surface area (Å²) in [5, 5.41) is 6.68. The first kappa shape index (κ1) is 20.3. The minimum Gasteiger partial charge on any atom is -0.319 e. The Kier molecular flexibility index (Phi) is 6.22. The molecule has 27 heavy (non-hydrogen) atoms. The van der Waals surface area contributed by atoms with Gasteiger partial charge in [-0.1, -0.05) is 23.2 Å². The number of aromatic nitrogens is 3. The number of nitrogens with one attached hydrogen (secondary N) is 1. The number of halogens is 5. The normalized spacial score (nSPS) is 10.7. The molecule has 0 atom stereocenters. The van der Waals surface area contributed by atoms with Crippen LogP contribution in [0.15, 0.2) is 45.6 Å².